The number of allylic oxidation sites excluding steroid dienone is 4. The van der Waals surface area contributed by atoms with Crippen molar-refractivity contribution in [2.75, 3.05) is 0 Å². The summed E-state index contributed by atoms with van der Waals surface area (Å²) >= 11 is 0. The lowest BCUT2D eigenvalue weighted by molar-refractivity contribution is 0.267. The van der Waals surface area contributed by atoms with Crippen LogP contribution >= 0.6 is 0 Å². The molecule has 0 aromatic heterocycles. The van der Waals surface area contributed by atoms with Gasteiger partial charge in [0, 0.05) is 0 Å². The Morgan fingerprint density at radius 1 is 0.579 bits per heavy atom. The first kappa shape index (κ1) is 14.9. The van der Waals surface area contributed by atoms with Crippen LogP contribution in [0.15, 0.2) is 22.3 Å². The summed E-state index contributed by atoms with van der Waals surface area (Å²) < 4.78 is 0. The second-order valence-electron chi connectivity index (χ2n) is 7.48. The Balaban J connectivity index is 2.19. The molecule has 0 fully saturated rings. The zero-order valence-electron chi connectivity index (χ0n) is 14.2. The molecular weight excluding hydrogens is 228 g/mol. The van der Waals surface area contributed by atoms with Crippen LogP contribution in [0.25, 0.3) is 0 Å². The van der Waals surface area contributed by atoms with Gasteiger partial charge in [0.1, 0.15) is 0 Å². The van der Waals surface area contributed by atoms with Crippen LogP contribution in [0.2, 0.25) is 0 Å². The minimum absolute atomic E-state index is 0.782. The summed E-state index contributed by atoms with van der Waals surface area (Å²) in [6, 6.07) is 0. The Labute approximate surface area is 120 Å². The highest BCUT2D eigenvalue weighted by Gasteiger charge is 2.39. The second kappa shape index (κ2) is 5.11. The van der Waals surface area contributed by atoms with Crippen molar-refractivity contribution < 1.29 is 0 Å². The molecule has 0 aromatic carbocycles. The van der Waals surface area contributed by atoms with Gasteiger partial charge in [-0.25, -0.2) is 0 Å². The Morgan fingerprint density at radius 3 is 1.11 bits per heavy atom. The molecule has 0 spiro atoms. The van der Waals surface area contributed by atoms with E-state index in [2.05, 4.69) is 55.4 Å². The fraction of sp³-hybridized carbons (Fsp3) is 0.789. The van der Waals surface area contributed by atoms with E-state index in [9.17, 15) is 0 Å². The average molecular weight is 260 g/mol. The highest BCUT2D eigenvalue weighted by atomic mass is 14.4. The molecule has 0 bridgehead atoms. The van der Waals surface area contributed by atoms with Gasteiger partial charge in [0.05, 0.1) is 0 Å². The Kier molecular flexibility index (Phi) is 4.00. The highest BCUT2D eigenvalue weighted by Crippen LogP contribution is 2.50. The summed E-state index contributed by atoms with van der Waals surface area (Å²) in [6.07, 6.45) is 1.38. The lowest BCUT2D eigenvalue weighted by atomic mass is 9.76. The third-order valence-corrected chi connectivity index (χ3v) is 7.08. The molecule has 0 heterocycles. The van der Waals surface area contributed by atoms with E-state index in [0.717, 1.165) is 35.5 Å². The molecule has 2 aliphatic rings. The molecule has 0 nitrogen and oxygen atoms in total. The maximum atomic E-state index is 2.46. The van der Waals surface area contributed by atoms with Gasteiger partial charge in [0.15, 0.2) is 0 Å². The van der Waals surface area contributed by atoms with Gasteiger partial charge in [0.25, 0.3) is 0 Å². The van der Waals surface area contributed by atoms with Gasteiger partial charge in [0.2, 0.25) is 0 Å². The topological polar surface area (TPSA) is 0 Å². The van der Waals surface area contributed by atoms with Crippen molar-refractivity contribution in [3.05, 3.63) is 22.3 Å². The first-order valence-electron chi connectivity index (χ1n) is 8.11. The van der Waals surface area contributed by atoms with Gasteiger partial charge in [-0.1, -0.05) is 50.0 Å². The van der Waals surface area contributed by atoms with E-state index in [4.69, 9.17) is 0 Å². The molecule has 0 saturated heterocycles. The van der Waals surface area contributed by atoms with Crippen LogP contribution in [0.4, 0.5) is 0 Å². The number of hydrogen-bond acceptors (Lipinski definition) is 0. The summed E-state index contributed by atoms with van der Waals surface area (Å²) in [5, 5.41) is 0. The van der Waals surface area contributed by atoms with Crippen molar-refractivity contribution >= 4 is 0 Å². The first-order valence-corrected chi connectivity index (χ1v) is 8.11. The minimum atomic E-state index is 0.782. The Bertz CT molecular complexity index is 383. The zero-order chi connectivity index (χ0) is 14.5. The van der Waals surface area contributed by atoms with Gasteiger partial charge >= 0.3 is 0 Å². The second-order valence-corrected chi connectivity index (χ2v) is 7.48. The van der Waals surface area contributed by atoms with E-state index in [1.165, 1.54) is 6.42 Å². The normalized spacial score (nSPS) is 43.6. The Hall–Kier alpha value is -0.520. The van der Waals surface area contributed by atoms with Crippen LogP contribution in [0.1, 0.15) is 61.8 Å². The largest absolute Gasteiger partial charge is 0.0710 e. The van der Waals surface area contributed by atoms with Crippen molar-refractivity contribution in [2.45, 2.75) is 61.8 Å². The molecule has 2 aliphatic carbocycles. The van der Waals surface area contributed by atoms with Gasteiger partial charge < -0.3 is 0 Å². The summed E-state index contributed by atoms with van der Waals surface area (Å²) in [5.41, 5.74) is 6.71. The lowest BCUT2D eigenvalue weighted by Crippen LogP contribution is -2.20. The molecule has 6 atom stereocenters. The molecule has 0 saturated carbocycles. The fourth-order valence-corrected chi connectivity index (χ4v) is 4.63. The third kappa shape index (κ3) is 2.22. The van der Waals surface area contributed by atoms with Crippen LogP contribution in [0.3, 0.4) is 0 Å². The molecule has 0 aromatic rings. The first-order chi connectivity index (χ1) is 8.77. The van der Waals surface area contributed by atoms with E-state index < -0.39 is 0 Å². The van der Waals surface area contributed by atoms with Crippen molar-refractivity contribution in [2.24, 2.45) is 35.5 Å². The maximum Gasteiger partial charge on any atom is -0.0166 e. The molecule has 19 heavy (non-hydrogen) atoms. The summed E-state index contributed by atoms with van der Waals surface area (Å²) in [6.45, 7) is 19.2. The van der Waals surface area contributed by atoms with Crippen LogP contribution in [0, 0.1) is 35.5 Å². The average Bonchev–Trinajstić information content (AvgIpc) is 2.68. The van der Waals surface area contributed by atoms with Crippen LogP contribution < -0.4 is 0 Å². The van der Waals surface area contributed by atoms with E-state index in [1.54, 1.807) is 22.3 Å². The quantitative estimate of drug-likeness (QED) is 0.546. The Morgan fingerprint density at radius 2 is 0.895 bits per heavy atom. The van der Waals surface area contributed by atoms with Gasteiger partial charge in [-0.15, -0.1) is 0 Å². The van der Waals surface area contributed by atoms with E-state index in [0.29, 0.717) is 0 Å². The standard InChI is InChI=1S/C19H32/c1-10-11(2)15(6)18(14(10)5)9-19-16(7)12(3)13(4)17(19)8/h10,12,14,16,18-19H,9H2,1-8H3/t10-,12-,14?,16?,18-,19-/m1/s1. The molecule has 0 radical (unpaired) electrons. The fourth-order valence-electron chi connectivity index (χ4n) is 4.63. The van der Waals surface area contributed by atoms with E-state index in [1.807, 2.05) is 0 Å². The highest BCUT2D eigenvalue weighted by molar-refractivity contribution is 5.28. The van der Waals surface area contributed by atoms with E-state index >= 15 is 0 Å². The summed E-state index contributed by atoms with van der Waals surface area (Å²) in [7, 11) is 0. The molecule has 108 valence electrons. The van der Waals surface area contributed by atoms with E-state index in [-0.39, 0.29) is 0 Å². The van der Waals surface area contributed by atoms with Gasteiger partial charge in [-0.2, -0.15) is 0 Å². The van der Waals surface area contributed by atoms with Crippen LogP contribution in [-0.4, -0.2) is 0 Å². The lowest BCUT2D eigenvalue weighted by Gasteiger charge is -2.28. The summed E-state index contributed by atoms with van der Waals surface area (Å²) in [4.78, 5) is 0. The number of rotatable bonds is 2. The maximum absolute atomic E-state index is 2.46. The molecule has 0 heteroatoms. The van der Waals surface area contributed by atoms with Crippen molar-refractivity contribution in [1.82, 2.24) is 0 Å². The molecule has 2 unspecified atom stereocenters. The molecular formula is C19H32. The molecule has 0 amide bonds. The summed E-state index contributed by atoms with van der Waals surface area (Å²) in [5.74, 6) is 4.85. The van der Waals surface area contributed by atoms with Gasteiger partial charge in [-0.3, -0.25) is 0 Å². The predicted octanol–water partition coefficient (Wildman–Crippen LogP) is 5.85. The molecule has 0 N–H and O–H groups in total. The predicted molar refractivity (Wildman–Crippen MR) is 85.0 cm³/mol. The minimum Gasteiger partial charge on any atom is -0.0710 e. The van der Waals surface area contributed by atoms with Gasteiger partial charge in [-0.05, 0) is 69.6 Å². The SMILES string of the molecule is CC1=C(C)[C@H](C[C@H]2C(C)=C(C)[C@@H](C)C2C)C(C)[C@@H]1C. The number of hydrogen-bond donors (Lipinski definition) is 0. The van der Waals surface area contributed by atoms with Crippen molar-refractivity contribution in [3.8, 4) is 0 Å². The molecule has 2 rings (SSSR count). The van der Waals surface area contributed by atoms with Crippen LogP contribution in [0.5, 0.6) is 0 Å². The van der Waals surface area contributed by atoms with Crippen molar-refractivity contribution in [3.63, 3.8) is 0 Å². The molecule has 0 aliphatic heterocycles. The third-order valence-electron chi connectivity index (χ3n) is 7.08. The zero-order valence-corrected chi connectivity index (χ0v) is 14.2. The van der Waals surface area contributed by atoms with Crippen LogP contribution in [-0.2, 0) is 0 Å². The smallest absolute Gasteiger partial charge is 0.0166 e. The monoisotopic (exact) mass is 260 g/mol. The van der Waals surface area contributed by atoms with Crippen molar-refractivity contribution in [1.29, 1.82) is 0 Å².